The Bertz CT molecular complexity index is 1060. The number of nitrogens with one attached hydrogen (secondary N) is 1. The van der Waals surface area contributed by atoms with E-state index < -0.39 is 10.0 Å². The number of ether oxygens (including phenoxy) is 1. The molecule has 2 aliphatic heterocycles. The van der Waals surface area contributed by atoms with Gasteiger partial charge in [-0.05, 0) is 80.7 Å². The van der Waals surface area contributed by atoms with Crippen molar-refractivity contribution in [2.45, 2.75) is 50.0 Å². The van der Waals surface area contributed by atoms with Gasteiger partial charge in [0.25, 0.3) is 0 Å². The van der Waals surface area contributed by atoms with E-state index in [1.807, 2.05) is 12.1 Å². The number of carbonyl (C=O) groups excluding carboxylic acids is 1. The van der Waals surface area contributed by atoms with Crippen LogP contribution in [0.5, 0.6) is 5.75 Å². The molecule has 2 heterocycles. The second kappa shape index (κ2) is 11.3. The third kappa shape index (κ3) is 6.17. The number of benzene rings is 2. The molecule has 0 bridgehead atoms. The topological polar surface area (TPSA) is 79.0 Å². The molecule has 2 fully saturated rings. The monoisotopic (exact) mass is 485 g/mol. The molecule has 0 radical (unpaired) electrons. The smallest absolute Gasteiger partial charge is 0.243 e. The first-order chi connectivity index (χ1) is 16.5. The van der Waals surface area contributed by atoms with Gasteiger partial charge in [0.15, 0.2) is 0 Å². The summed E-state index contributed by atoms with van der Waals surface area (Å²) in [5.41, 5.74) is 1.84. The molecule has 0 atom stereocenters. The number of methoxy groups -OCH3 is 1. The van der Waals surface area contributed by atoms with E-state index in [4.69, 9.17) is 4.74 Å². The second-order valence-electron chi connectivity index (χ2n) is 9.23. The maximum atomic E-state index is 12.9. The van der Waals surface area contributed by atoms with Crippen molar-refractivity contribution in [1.29, 1.82) is 0 Å². The van der Waals surface area contributed by atoms with Crippen LogP contribution in [0.2, 0.25) is 0 Å². The number of carbonyl (C=O) groups is 1. The average molecular weight is 486 g/mol. The van der Waals surface area contributed by atoms with Crippen LogP contribution in [0.25, 0.3) is 0 Å². The highest BCUT2D eigenvalue weighted by atomic mass is 32.2. The van der Waals surface area contributed by atoms with Gasteiger partial charge in [-0.15, -0.1) is 0 Å². The molecule has 2 saturated heterocycles. The van der Waals surface area contributed by atoms with Crippen LogP contribution >= 0.6 is 0 Å². The Kier molecular flexibility index (Phi) is 8.24. The van der Waals surface area contributed by atoms with Gasteiger partial charge in [-0.2, -0.15) is 4.31 Å². The fourth-order valence-corrected chi connectivity index (χ4v) is 6.29. The minimum absolute atomic E-state index is 0.00385. The number of piperidine rings is 1. The highest BCUT2D eigenvalue weighted by Crippen LogP contribution is 2.24. The Labute approximate surface area is 203 Å². The first kappa shape index (κ1) is 24.7. The SMILES string of the molecule is COc1cccc(CN2CCC(C(=O)Nc3ccc(S(=O)(=O)N4CCCCCC4)cc3)CC2)c1. The van der Waals surface area contributed by atoms with Gasteiger partial charge in [-0.25, -0.2) is 8.42 Å². The normalized spacial score (nSPS) is 18.9. The molecule has 2 aromatic carbocycles. The van der Waals surface area contributed by atoms with Gasteiger partial charge >= 0.3 is 0 Å². The molecule has 184 valence electrons. The maximum absolute atomic E-state index is 12.9. The number of hydrogen-bond donors (Lipinski definition) is 1. The lowest BCUT2D eigenvalue weighted by molar-refractivity contribution is -0.121. The molecule has 2 aliphatic rings. The minimum atomic E-state index is -3.48. The fraction of sp³-hybridized carbons (Fsp3) is 0.500. The van der Waals surface area contributed by atoms with Crippen LogP contribution in [0.3, 0.4) is 0 Å². The van der Waals surface area contributed by atoms with Gasteiger partial charge in [0.05, 0.1) is 12.0 Å². The van der Waals surface area contributed by atoms with Gasteiger partial charge < -0.3 is 10.1 Å². The van der Waals surface area contributed by atoms with E-state index in [1.165, 1.54) is 5.56 Å². The van der Waals surface area contributed by atoms with Crippen molar-refractivity contribution in [3.8, 4) is 5.75 Å². The Hall–Kier alpha value is -2.42. The summed E-state index contributed by atoms with van der Waals surface area (Å²) in [5.74, 6) is 0.822. The highest BCUT2D eigenvalue weighted by Gasteiger charge is 2.27. The number of amides is 1. The zero-order valence-corrected chi connectivity index (χ0v) is 20.7. The third-order valence-corrected chi connectivity index (χ3v) is 8.74. The highest BCUT2D eigenvalue weighted by molar-refractivity contribution is 7.89. The van der Waals surface area contributed by atoms with Crippen LogP contribution in [0.1, 0.15) is 44.1 Å². The fourth-order valence-electron chi connectivity index (χ4n) is 4.77. The third-order valence-electron chi connectivity index (χ3n) is 6.82. The molecular formula is C26H35N3O4S. The summed E-state index contributed by atoms with van der Waals surface area (Å²) in [6.45, 7) is 3.73. The molecule has 0 saturated carbocycles. The predicted octanol–water partition coefficient (Wildman–Crippen LogP) is 4.11. The summed E-state index contributed by atoms with van der Waals surface area (Å²) < 4.78 is 32.8. The van der Waals surface area contributed by atoms with Gasteiger partial charge in [-0.1, -0.05) is 25.0 Å². The van der Waals surface area contributed by atoms with Crippen LogP contribution in [0.15, 0.2) is 53.4 Å². The first-order valence-electron chi connectivity index (χ1n) is 12.2. The van der Waals surface area contributed by atoms with Gasteiger partial charge in [0, 0.05) is 31.2 Å². The number of nitrogens with zero attached hydrogens (tertiary/aromatic N) is 2. The summed E-state index contributed by atoms with van der Waals surface area (Å²) in [6.07, 6.45) is 5.58. The van der Waals surface area contributed by atoms with E-state index in [2.05, 4.69) is 22.3 Å². The maximum Gasteiger partial charge on any atom is 0.243 e. The summed E-state index contributed by atoms with van der Waals surface area (Å²) >= 11 is 0. The zero-order valence-electron chi connectivity index (χ0n) is 19.9. The Balaban J connectivity index is 1.28. The standard InChI is InChI=1S/C26H35N3O4S/c1-33-24-8-6-7-21(19-24)20-28-17-13-22(14-18-28)26(30)27-23-9-11-25(12-10-23)34(31,32)29-15-4-2-3-5-16-29/h6-12,19,22H,2-5,13-18,20H2,1H3,(H,27,30). The molecule has 4 rings (SSSR count). The zero-order chi connectivity index (χ0) is 24.0. The largest absolute Gasteiger partial charge is 0.497 e. The second-order valence-corrected chi connectivity index (χ2v) is 11.2. The molecule has 8 heteroatoms. The van der Waals surface area contributed by atoms with Crippen molar-refractivity contribution >= 4 is 21.6 Å². The number of hydrogen-bond acceptors (Lipinski definition) is 5. The summed E-state index contributed by atoms with van der Waals surface area (Å²) in [6, 6.07) is 14.7. The summed E-state index contributed by atoms with van der Waals surface area (Å²) in [5, 5.41) is 2.98. The Morgan fingerprint density at radius 1 is 0.971 bits per heavy atom. The summed E-state index contributed by atoms with van der Waals surface area (Å²) in [7, 11) is -1.81. The lowest BCUT2D eigenvalue weighted by Crippen LogP contribution is -2.37. The minimum Gasteiger partial charge on any atom is -0.497 e. The van der Waals surface area contributed by atoms with Crippen molar-refractivity contribution in [2.24, 2.45) is 5.92 Å². The Morgan fingerprint density at radius 2 is 1.65 bits per heavy atom. The van der Waals surface area contributed by atoms with E-state index in [0.29, 0.717) is 23.7 Å². The molecule has 0 aromatic heterocycles. The number of anilines is 1. The average Bonchev–Trinajstić information content (AvgIpc) is 3.15. The van der Waals surface area contributed by atoms with Crippen LogP contribution in [0, 0.1) is 5.92 Å². The molecule has 0 unspecified atom stereocenters. The quantitative estimate of drug-likeness (QED) is 0.639. The molecular weight excluding hydrogens is 450 g/mol. The van der Waals surface area contributed by atoms with Gasteiger partial charge in [0.2, 0.25) is 15.9 Å². The van der Waals surface area contributed by atoms with Crippen LogP contribution < -0.4 is 10.1 Å². The van der Waals surface area contributed by atoms with Crippen molar-refractivity contribution < 1.29 is 17.9 Å². The molecule has 1 N–H and O–H groups in total. The van der Waals surface area contributed by atoms with Crippen molar-refractivity contribution in [2.75, 3.05) is 38.6 Å². The van der Waals surface area contributed by atoms with E-state index in [1.54, 1.807) is 35.7 Å². The van der Waals surface area contributed by atoms with Crippen LogP contribution in [-0.2, 0) is 21.4 Å². The number of rotatable bonds is 7. The predicted molar refractivity (Wildman–Crippen MR) is 133 cm³/mol. The molecule has 7 nitrogen and oxygen atoms in total. The lowest BCUT2D eigenvalue weighted by Gasteiger charge is -2.31. The van der Waals surface area contributed by atoms with E-state index in [0.717, 1.165) is 63.9 Å². The Morgan fingerprint density at radius 3 is 2.29 bits per heavy atom. The van der Waals surface area contributed by atoms with Gasteiger partial charge in [-0.3, -0.25) is 9.69 Å². The molecule has 0 spiro atoms. The summed E-state index contributed by atoms with van der Waals surface area (Å²) in [4.78, 5) is 15.5. The molecule has 0 aliphatic carbocycles. The van der Waals surface area contributed by atoms with Crippen molar-refractivity contribution in [1.82, 2.24) is 9.21 Å². The van der Waals surface area contributed by atoms with E-state index in [-0.39, 0.29) is 11.8 Å². The van der Waals surface area contributed by atoms with E-state index in [9.17, 15) is 13.2 Å². The van der Waals surface area contributed by atoms with Gasteiger partial charge in [0.1, 0.15) is 5.75 Å². The van der Waals surface area contributed by atoms with Crippen LogP contribution in [0.4, 0.5) is 5.69 Å². The molecule has 1 amide bonds. The van der Waals surface area contributed by atoms with Crippen molar-refractivity contribution in [3.05, 3.63) is 54.1 Å². The lowest BCUT2D eigenvalue weighted by atomic mass is 9.95. The molecule has 2 aromatic rings. The first-order valence-corrected chi connectivity index (χ1v) is 13.7. The van der Waals surface area contributed by atoms with Crippen LogP contribution in [-0.4, -0.2) is 56.8 Å². The van der Waals surface area contributed by atoms with E-state index >= 15 is 0 Å². The number of likely N-dealkylation sites (tertiary alicyclic amines) is 1. The van der Waals surface area contributed by atoms with Crippen molar-refractivity contribution in [3.63, 3.8) is 0 Å². The number of sulfonamides is 1. The molecule has 34 heavy (non-hydrogen) atoms.